The highest BCUT2D eigenvalue weighted by molar-refractivity contribution is 6.04. The monoisotopic (exact) mass is 550 g/mol. The van der Waals surface area contributed by atoms with Crippen molar-refractivity contribution in [2.75, 3.05) is 22.1 Å². The maximum Gasteiger partial charge on any atom is 0.409 e. The first-order chi connectivity index (χ1) is 19.8. The number of ether oxygens (including phenoxy) is 2. The number of primary amides is 1. The van der Waals surface area contributed by atoms with E-state index >= 15 is 0 Å². The van der Waals surface area contributed by atoms with Crippen LogP contribution in [-0.2, 0) is 4.79 Å². The van der Waals surface area contributed by atoms with Crippen molar-refractivity contribution in [1.82, 2.24) is 9.97 Å². The SMILES string of the molecule is CC1Oc2cc(N3CCCC3=O)ccc2-c2cnc(Nc3cncc(NC(=O)c4cccc(OC(N)=O)c4)c3)cc21. The Labute approximate surface area is 235 Å². The molecule has 2 aromatic carbocycles. The van der Waals surface area contributed by atoms with Crippen molar-refractivity contribution in [2.45, 2.75) is 25.9 Å². The third-order valence-electron chi connectivity index (χ3n) is 6.90. The Bertz CT molecular complexity index is 1690. The van der Waals surface area contributed by atoms with Crippen LogP contribution in [0, 0.1) is 0 Å². The van der Waals surface area contributed by atoms with Crippen LogP contribution in [0.15, 0.2) is 73.2 Å². The van der Waals surface area contributed by atoms with E-state index in [0.717, 1.165) is 41.1 Å². The van der Waals surface area contributed by atoms with Crippen molar-refractivity contribution in [3.8, 4) is 22.6 Å². The lowest BCUT2D eigenvalue weighted by molar-refractivity contribution is -0.117. The summed E-state index contributed by atoms with van der Waals surface area (Å²) < 4.78 is 11.1. The average molecular weight is 551 g/mol. The highest BCUT2D eigenvalue weighted by Crippen LogP contribution is 2.44. The van der Waals surface area contributed by atoms with Crippen LogP contribution in [0.1, 0.15) is 41.8 Å². The normalized spacial score (nSPS) is 15.4. The number of fused-ring (bicyclic) bond motifs is 3. The number of aromatic nitrogens is 2. The van der Waals surface area contributed by atoms with Gasteiger partial charge in [0.15, 0.2) is 0 Å². The van der Waals surface area contributed by atoms with Gasteiger partial charge in [-0.15, -0.1) is 0 Å². The van der Waals surface area contributed by atoms with Crippen molar-refractivity contribution in [2.24, 2.45) is 5.73 Å². The molecule has 4 heterocycles. The van der Waals surface area contributed by atoms with Gasteiger partial charge in [-0.2, -0.15) is 0 Å². The highest BCUT2D eigenvalue weighted by atomic mass is 16.5. The van der Waals surface area contributed by atoms with Crippen LogP contribution >= 0.6 is 0 Å². The molecule has 0 spiro atoms. The maximum absolute atomic E-state index is 12.8. The molecular formula is C30H26N6O5. The zero-order valence-electron chi connectivity index (χ0n) is 22.1. The molecular weight excluding hydrogens is 524 g/mol. The molecule has 41 heavy (non-hydrogen) atoms. The lowest BCUT2D eigenvalue weighted by atomic mass is 9.94. The number of amides is 3. The minimum absolute atomic E-state index is 0.133. The number of nitrogens with zero attached hydrogens (tertiary/aromatic N) is 3. The first-order valence-electron chi connectivity index (χ1n) is 13.1. The van der Waals surface area contributed by atoms with E-state index in [1.54, 1.807) is 35.5 Å². The van der Waals surface area contributed by atoms with Crippen LogP contribution in [0.4, 0.5) is 27.7 Å². The standard InChI is InChI=1S/C30H26N6O5/c1-17-24-13-27(33-16-25(24)23-8-7-21(12-26(23)40-17)36-9-3-6-28(36)37)34-19-11-20(15-32-14-19)35-29(38)18-4-2-5-22(10-18)41-30(31)39/h2,4-5,7-8,10-17H,3,6,9H2,1H3,(H2,31,39)(H,33,34)(H,35,38). The molecule has 6 rings (SSSR count). The lowest BCUT2D eigenvalue weighted by Gasteiger charge is -2.28. The second kappa shape index (κ2) is 10.6. The van der Waals surface area contributed by atoms with Crippen molar-refractivity contribution in [3.05, 3.63) is 84.3 Å². The summed E-state index contributed by atoms with van der Waals surface area (Å²) in [5.41, 5.74) is 10.1. The van der Waals surface area contributed by atoms with Crippen LogP contribution < -0.4 is 30.7 Å². The molecule has 1 atom stereocenters. The third-order valence-corrected chi connectivity index (χ3v) is 6.90. The number of hydrogen-bond acceptors (Lipinski definition) is 8. The minimum Gasteiger partial charge on any atom is -0.485 e. The van der Waals surface area contributed by atoms with Gasteiger partial charge in [0.1, 0.15) is 23.4 Å². The summed E-state index contributed by atoms with van der Waals surface area (Å²) in [6.07, 6.45) is 5.18. The minimum atomic E-state index is -0.962. The molecule has 1 saturated heterocycles. The first-order valence-corrected chi connectivity index (χ1v) is 13.1. The van der Waals surface area contributed by atoms with E-state index in [1.807, 2.05) is 31.2 Å². The molecule has 0 bridgehead atoms. The van der Waals surface area contributed by atoms with Crippen molar-refractivity contribution in [1.29, 1.82) is 0 Å². The fourth-order valence-corrected chi connectivity index (χ4v) is 5.02. The van der Waals surface area contributed by atoms with Gasteiger partial charge in [-0.25, -0.2) is 9.78 Å². The average Bonchev–Trinajstić information content (AvgIpc) is 3.38. The fraction of sp³-hybridized carbons (Fsp3) is 0.167. The molecule has 4 N–H and O–H groups in total. The van der Waals surface area contributed by atoms with Gasteiger partial charge < -0.3 is 30.7 Å². The Hall–Kier alpha value is -5.45. The predicted molar refractivity (Wildman–Crippen MR) is 152 cm³/mol. The summed E-state index contributed by atoms with van der Waals surface area (Å²) >= 11 is 0. The Kier molecular flexibility index (Phi) is 6.68. The number of nitrogens with one attached hydrogen (secondary N) is 2. The van der Waals surface area contributed by atoms with Gasteiger partial charge in [-0.05, 0) is 55.8 Å². The molecule has 4 aromatic rings. The van der Waals surface area contributed by atoms with Gasteiger partial charge >= 0.3 is 6.09 Å². The van der Waals surface area contributed by atoms with Crippen molar-refractivity contribution in [3.63, 3.8) is 0 Å². The van der Waals surface area contributed by atoms with E-state index in [1.165, 1.54) is 18.3 Å². The molecule has 0 radical (unpaired) electrons. The predicted octanol–water partition coefficient (Wildman–Crippen LogP) is 5.18. The quantitative estimate of drug-likeness (QED) is 0.297. The van der Waals surface area contributed by atoms with Gasteiger partial charge in [0.25, 0.3) is 5.91 Å². The summed E-state index contributed by atoms with van der Waals surface area (Å²) in [4.78, 5) is 46.6. The van der Waals surface area contributed by atoms with Gasteiger partial charge in [0.2, 0.25) is 5.91 Å². The molecule has 1 fully saturated rings. The van der Waals surface area contributed by atoms with Gasteiger partial charge in [0, 0.05) is 53.2 Å². The van der Waals surface area contributed by atoms with Crippen LogP contribution in [0.5, 0.6) is 11.5 Å². The number of benzene rings is 2. The Morgan fingerprint density at radius 1 is 1.05 bits per heavy atom. The second-order valence-corrected chi connectivity index (χ2v) is 9.74. The molecule has 206 valence electrons. The molecule has 0 aliphatic carbocycles. The number of nitrogens with two attached hydrogens (primary N) is 1. The zero-order chi connectivity index (χ0) is 28.5. The zero-order valence-corrected chi connectivity index (χ0v) is 22.1. The third kappa shape index (κ3) is 5.37. The Morgan fingerprint density at radius 3 is 2.71 bits per heavy atom. The Morgan fingerprint density at radius 2 is 1.90 bits per heavy atom. The highest BCUT2D eigenvalue weighted by Gasteiger charge is 2.27. The molecule has 2 aromatic heterocycles. The summed E-state index contributed by atoms with van der Waals surface area (Å²) in [5.74, 6) is 1.20. The van der Waals surface area contributed by atoms with Crippen LogP contribution in [0.2, 0.25) is 0 Å². The summed E-state index contributed by atoms with van der Waals surface area (Å²) in [6.45, 7) is 2.69. The molecule has 3 amide bonds. The number of rotatable bonds is 6. The topological polar surface area (TPSA) is 149 Å². The van der Waals surface area contributed by atoms with Gasteiger partial charge in [0.05, 0.1) is 23.8 Å². The molecule has 1 unspecified atom stereocenters. The number of carbonyl (C=O) groups is 3. The number of carbonyl (C=O) groups excluding carboxylic acids is 3. The second-order valence-electron chi connectivity index (χ2n) is 9.74. The van der Waals surface area contributed by atoms with Crippen LogP contribution in [-0.4, -0.2) is 34.4 Å². The molecule has 11 nitrogen and oxygen atoms in total. The van der Waals surface area contributed by atoms with Crippen LogP contribution in [0.25, 0.3) is 11.1 Å². The lowest BCUT2D eigenvalue weighted by Crippen LogP contribution is -2.24. The van der Waals surface area contributed by atoms with E-state index < -0.39 is 12.0 Å². The van der Waals surface area contributed by atoms with Gasteiger partial charge in [-0.1, -0.05) is 6.07 Å². The fourth-order valence-electron chi connectivity index (χ4n) is 5.02. The van der Waals surface area contributed by atoms with Crippen LogP contribution in [0.3, 0.4) is 0 Å². The molecule has 2 aliphatic rings. The van der Waals surface area contributed by atoms with Crippen molar-refractivity contribution < 1.29 is 23.9 Å². The number of pyridine rings is 2. The Balaban J connectivity index is 1.18. The van der Waals surface area contributed by atoms with E-state index in [-0.39, 0.29) is 23.3 Å². The molecule has 0 saturated carbocycles. The molecule has 11 heteroatoms. The number of hydrogen-bond donors (Lipinski definition) is 3. The number of anilines is 4. The maximum atomic E-state index is 12.8. The molecule has 2 aliphatic heterocycles. The van der Waals surface area contributed by atoms with E-state index in [2.05, 4.69) is 20.6 Å². The largest absolute Gasteiger partial charge is 0.485 e. The van der Waals surface area contributed by atoms with Gasteiger partial charge in [-0.3, -0.25) is 14.6 Å². The first kappa shape index (κ1) is 25.8. The summed E-state index contributed by atoms with van der Waals surface area (Å²) in [7, 11) is 0. The van der Waals surface area contributed by atoms with E-state index in [4.69, 9.17) is 15.2 Å². The van der Waals surface area contributed by atoms with Crippen molar-refractivity contribution >= 4 is 40.8 Å². The smallest absolute Gasteiger partial charge is 0.409 e. The summed E-state index contributed by atoms with van der Waals surface area (Å²) in [5, 5.41) is 6.02. The summed E-state index contributed by atoms with van der Waals surface area (Å²) in [6, 6.07) is 15.6. The van der Waals surface area contributed by atoms with E-state index in [0.29, 0.717) is 23.6 Å². The van der Waals surface area contributed by atoms with E-state index in [9.17, 15) is 14.4 Å².